The first kappa shape index (κ1) is 21.3. The Morgan fingerprint density at radius 2 is 1.93 bits per heavy atom. The third-order valence-electron chi connectivity index (χ3n) is 5.16. The molecule has 2 aliphatic heterocycles. The molecule has 29 heavy (non-hydrogen) atoms. The molecule has 9 heteroatoms. The fourth-order valence-electron chi connectivity index (χ4n) is 3.82. The average Bonchev–Trinajstić information content (AvgIpc) is 3.04. The van der Waals surface area contributed by atoms with Gasteiger partial charge >= 0.3 is 5.97 Å². The number of carbonyl (C=O) groups excluding carboxylic acids is 3. The summed E-state index contributed by atoms with van der Waals surface area (Å²) in [6, 6.07) is 7.69. The van der Waals surface area contributed by atoms with Crippen molar-refractivity contribution in [1.82, 2.24) is 15.3 Å². The first-order valence-electron chi connectivity index (χ1n) is 9.69. The molecule has 2 amide bonds. The van der Waals surface area contributed by atoms with Gasteiger partial charge in [-0.15, -0.1) is 0 Å². The number of rotatable bonds is 6. The molecule has 0 unspecified atom stereocenters. The van der Waals surface area contributed by atoms with Crippen molar-refractivity contribution in [3.8, 4) is 0 Å². The van der Waals surface area contributed by atoms with E-state index < -0.39 is 29.2 Å². The maximum absolute atomic E-state index is 13.0. The number of carboxylic acid groups (broad SMARTS) is 1. The predicted octanol–water partition coefficient (Wildman–Crippen LogP) is 1.06. The van der Waals surface area contributed by atoms with Gasteiger partial charge in [-0.05, 0) is 31.2 Å². The maximum Gasteiger partial charge on any atom is 0.328 e. The van der Waals surface area contributed by atoms with Crippen LogP contribution in [-0.2, 0) is 25.6 Å². The summed E-state index contributed by atoms with van der Waals surface area (Å²) in [4.78, 5) is 49.1. The van der Waals surface area contributed by atoms with Crippen LogP contribution in [0.3, 0.4) is 0 Å². The third-order valence-corrected chi connectivity index (χ3v) is 6.16. The number of carboxylic acids is 1. The van der Waals surface area contributed by atoms with Gasteiger partial charge < -0.3 is 10.4 Å². The second-order valence-electron chi connectivity index (χ2n) is 7.27. The monoisotopic (exact) mass is 419 g/mol. The van der Waals surface area contributed by atoms with E-state index in [-0.39, 0.29) is 11.0 Å². The van der Waals surface area contributed by atoms with Crippen LogP contribution in [0.4, 0.5) is 0 Å². The minimum atomic E-state index is -1.04. The molecule has 156 valence electrons. The summed E-state index contributed by atoms with van der Waals surface area (Å²) in [5.41, 5.74) is 0.922. The molecule has 2 N–H and O–H groups in total. The Hall–Kier alpha value is -2.39. The van der Waals surface area contributed by atoms with Gasteiger partial charge in [0.05, 0.1) is 5.25 Å². The molecule has 0 radical (unpaired) electrons. The lowest BCUT2D eigenvalue weighted by Gasteiger charge is -2.30. The number of aliphatic carboxylic acids is 1. The first-order chi connectivity index (χ1) is 13.9. The molecule has 1 aromatic rings. The van der Waals surface area contributed by atoms with E-state index in [2.05, 4.69) is 5.32 Å². The van der Waals surface area contributed by atoms with Crippen molar-refractivity contribution < 1.29 is 24.3 Å². The molecule has 2 fully saturated rings. The summed E-state index contributed by atoms with van der Waals surface area (Å²) in [6.07, 6.45) is 1.85. The van der Waals surface area contributed by atoms with Crippen LogP contribution in [0, 0.1) is 0 Å². The standard InChI is InChI=1S/C20H25N3O5S/c1-13(24)29-17(12-14-6-3-2-4-7-14)18(25)21-15-8-5-10-22-11-9-16(20(27)28)23(22)19(15)26/h2-4,6-7,15-17H,5,8-12H2,1H3,(H,21,25)(H,27,28)/t15-,16-,17+/m0/s1. The maximum atomic E-state index is 13.0. The Labute approximate surface area is 173 Å². The Balaban J connectivity index is 1.73. The second-order valence-corrected chi connectivity index (χ2v) is 8.65. The van der Waals surface area contributed by atoms with E-state index >= 15 is 0 Å². The molecule has 1 aromatic carbocycles. The Morgan fingerprint density at radius 3 is 2.59 bits per heavy atom. The smallest absolute Gasteiger partial charge is 0.328 e. The number of nitrogens with zero attached hydrogens (tertiary/aromatic N) is 2. The van der Waals surface area contributed by atoms with E-state index in [9.17, 15) is 24.3 Å². The van der Waals surface area contributed by atoms with Crippen molar-refractivity contribution in [3.63, 3.8) is 0 Å². The van der Waals surface area contributed by atoms with Crippen LogP contribution in [-0.4, -0.2) is 68.4 Å². The topological polar surface area (TPSA) is 107 Å². The normalized spacial score (nSPS) is 23.2. The van der Waals surface area contributed by atoms with Crippen LogP contribution in [0.15, 0.2) is 30.3 Å². The quantitative estimate of drug-likeness (QED) is 0.710. The molecular formula is C20H25N3O5S. The molecule has 8 nitrogen and oxygen atoms in total. The molecule has 0 spiro atoms. The van der Waals surface area contributed by atoms with Gasteiger partial charge in [-0.25, -0.2) is 9.80 Å². The zero-order valence-corrected chi connectivity index (χ0v) is 17.1. The zero-order valence-electron chi connectivity index (χ0n) is 16.2. The highest BCUT2D eigenvalue weighted by atomic mass is 32.2. The number of thioether (sulfide) groups is 1. The van der Waals surface area contributed by atoms with Crippen molar-refractivity contribution in [1.29, 1.82) is 0 Å². The fourth-order valence-corrected chi connectivity index (χ4v) is 4.67. The molecule has 0 aromatic heterocycles. The second kappa shape index (κ2) is 9.41. The Bertz CT molecular complexity index is 788. The van der Waals surface area contributed by atoms with Crippen LogP contribution in [0.5, 0.6) is 0 Å². The molecule has 0 aliphatic carbocycles. The van der Waals surface area contributed by atoms with E-state index in [1.807, 2.05) is 30.3 Å². The fraction of sp³-hybridized carbons (Fsp3) is 0.500. The largest absolute Gasteiger partial charge is 0.480 e. The van der Waals surface area contributed by atoms with Crippen molar-refractivity contribution in [2.24, 2.45) is 0 Å². The number of fused-ring (bicyclic) bond motifs is 1. The van der Waals surface area contributed by atoms with Crippen LogP contribution < -0.4 is 5.32 Å². The minimum Gasteiger partial charge on any atom is -0.480 e. The van der Waals surface area contributed by atoms with Gasteiger partial charge in [-0.1, -0.05) is 42.1 Å². The number of hydrazine groups is 1. The molecule has 3 rings (SSSR count). The van der Waals surface area contributed by atoms with E-state index in [0.29, 0.717) is 38.8 Å². The summed E-state index contributed by atoms with van der Waals surface area (Å²) in [5.74, 6) is -1.82. The SMILES string of the molecule is CC(=O)S[C@H](Cc1ccccc1)C(=O)N[C@H]1CCCN2CC[C@@H](C(=O)O)N2C1=O. The van der Waals surface area contributed by atoms with Gasteiger partial charge in [-0.2, -0.15) is 0 Å². The van der Waals surface area contributed by atoms with E-state index in [1.165, 1.54) is 11.9 Å². The van der Waals surface area contributed by atoms with Gasteiger partial charge in [0.2, 0.25) is 5.91 Å². The van der Waals surface area contributed by atoms with Crippen molar-refractivity contribution in [3.05, 3.63) is 35.9 Å². The summed E-state index contributed by atoms with van der Waals surface area (Å²) in [7, 11) is 0. The Kier molecular flexibility index (Phi) is 6.92. The van der Waals surface area contributed by atoms with Crippen LogP contribution in [0.1, 0.15) is 31.7 Å². The molecule has 0 bridgehead atoms. The van der Waals surface area contributed by atoms with Gasteiger partial charge in [0.15, 0.2) is 5.12 Å². The van der Waals surface area contributed by atoms with Gasteiger partial charge in [0, 0.05) is 20.0 Å². The highest BCUT2D eigenvalue weighted by molar-refractivity contribution is 8.14. The summed E-state index contributed by atoms with van der Waals surface area (Å²) >= 11 is 0.942. The zero-order chi connectivity index (χ0) is 21.0. The number of hydrogen-bond donors (Lipinski definition) is 2. The molecule has 3 atom stereocenters. The van der Waals surface area contributed by atoms with Gasteiger partial charge in [0.25, 0.3) is 5.91 Å². The lowest BCUT2D eigenvalue weighted by molar-refractivity contribution is -0.160. The third kappa shape index (κ3) is 5.16. The number of benzene rings is 1. The molecule has 0 saturated carbocycles. The first-order valence-corrected chi connectivity index (χ1v) is 10.6. The number of hydrogen-bond acceptors (Lipinski definition) is 6. The predicted molar refractivity (Wildman–Crippen MR) is 108 cm³/mol. The number of carbonyl (C=O) groups is 4. The van der Waals surface area contributed by atoms with E-state index in [4.69, 9.17) is 0 Å². The van der Waals surface area contributed by atoms with Crippen molar-refractivity contribution in [2.45, 2.75) is 49.9 Å². The summed E-state index contributed by atoms with van der Waals surface area (Å²) < 4.78 is 0. The van der Waals surface area contributed by atoms with Gasteiger partial charge in [-0.3, -0.25) is 19.4 Å². The summed E-state index contributed by atoms with van der Waals surface area (Å²) in [6.45, 7) is 2.50. The van der Waals surface area contributed by atoms with Crippen molar-refractivity contribution >= 4 is 34.7 Å². The van der Waals surface area contributed by atoms with Crippen LogP contribution >= 0.6 is 11.8 Å². The van der Waals surface area contributed by atoms with E-state index in [1.54, 1.807) is 5.01 Å². The number of nitrogens with one attached hydrogen (secondary N) is 1. The molecule has 2 heterocycles. The number of amides is 2. The Morgan fingerprint density at radius 1 is 1.21 bits per heavy atom. The minimum absolute atomic E-state index is 0.176. The summed E-state index contributed by atoms with van der Waals surface area (Å²) in [5, 5.41) is 14.4. The average molecular weight is 420 g/mol. The van der Waals surface area contributed by atoms with Crippen LogP contribution in [0.25, 0.3) is 0 Å². The molecular weight excluding hydrogens is 394 g/mol. The highest BCUT2D eigenvalue weighted by Crippen LogP contribution is 2.25. The lowest BCUT2D eigenvalue weighted by Crippen LogP contribution is -2.55. The van der Waals surface area contributed by atoms with Crippen LogP contribution in [0.2, 0.25) is 0 Å². The molecule has 2 saturated heterocycles. The van der Waals surface area contributed by atoms with E-state index in [0.717, 1.165) is 17.3 Å². The van der Waals surface area contributed by atoms with Gasteiger partial charge in [0.1, 0.15) is 12.1 Å². The van der Waals surface area contributed by atoms with Crippen molar-refractivity contribution in [2.75, 3.05) is 13.1 Å². The molecule has 2 aliphatic rings. The highest BCUT2D eigenvalue weighted by Gasteiger charge is 2.44. The lowest BCUT2D eigenvalue weighted by atomic mass is 10.1.